The van der Waals surface area contributed by atoms with Gasteiger partial charge in [-0.1, -0.05) is 12.1 Å². The van der Waals surface area contributed by atoms with Crippen LogP contribution in [0.3, 0.4) is 0 Å². The van der Waals surface area contributed by atoms with Crippen LogP contribution in [0, 0.1) is 11.6 Å². The molecule has 0 heterocycles. The second kappa shape index (κ2) is 6.98. The number of carbonyl (C=O) groups excluding carboxylic acids is 1. The van der Waals surface area contributed by atoms with E-state index in [0.717, 1.165) is 24.3 Å². The molecule has 0 bridgehead atoms. The molecule has 2 aromatic carbocycles. The first-order valence-electron chi connectivity index (χ1n) is 7.14. The van der Waals surface area contributed by atoms with Gasteiger partial charge in [-0.25, -0.2) is 8.78 Å². The summed E-state index contributed by atoms with van der Waals surface area (Å²) < 4.78 is 63.8. The van der Waals surface area contributed by atoms with Gasteiger partial charge in [-0.05, 0) is 36.8 Å². The van der Waals surface area contributed by atoms with Gasteiger partial charge < -0.3 is 4.90 Å². The molecule has 0 aliphatic carbocycles. The van der Waals surface area contributed by atoms with Gasteiger partial charge in [0.1, 0.15) is 0 Å². The highest BCUT2D eigenvalue weighted by molar-refractivity contribution is 5.94. The van der Waals surface area contributed by atoms with Gasteiger partial charge in [0, 0.05) is 18.3 Å². The van der Waals surface area contributed by atoms with E-state index in [9.17, 15) is 26.7 Å². The minimum Gasteiger partial charge on any atom is -0.312 e. The highest BCUT2D eigenvalue weighted by Crippen LogP contribution is 2.29. The van der Waals surface area contributed by atoms with Crippen molar-refractivity contribution in [3.05, 3.63) is 65.2 Å². The van der Waals surface area contributed by atoms with Crippen molar-refractivity contribution in [2.75, 3.05) is 11.4 Å². The number of alkyl halides is 3. The molecule has 0 unspecified atom stereocenters. The Bertz CT molecular complexity index is 725. The maximum Gasteiger partial charge on any atom is 0.416 e. The maximum atomic E-state index is 13.3. The summed E-state index contributed by atoms with van der Waals surface area (Å²) in [4.78, 5) is 13.5. The predicted octanol–water partition coefficient (Wildman–Crippen LogP) is 4.58. The summed E-state index contributed by atoms with van der Waals surface area (Å²) in [6, 6.07) is 7.33. The Morgan fingerprint density at radius 3 is 2.12 bits per heavy atom. The fourth-order valence-electron chi connectivity index (χ4n) is 2.24. The zero-order chi connectivity index (χ0) is 17.9. The second-order valence-electron chi connectivity index (χ2n) is 5.11. The molecule has 0 saturated carbocycles. The van der Waals surface area contributed by atoms with Crippen molar-refractivity contribution < 1.29 is 26.7 Å². The van der Waals surface area contributed by atoms with Crippen molar-refractivity contribution in [3.8, 4) is 0 Å². The number of likely N-dealkylation sites (N-methyl/N-ethyl adjacent to an activating group) is 1. The molecule has 0 aromatic heterocycles. The summed E-state index contributed by atoms with van der Waals surface area (Å²) in [6.45, 7) is 1.87. The number of anilines is 1. The SMILES string of the molecule is CCN(C(=O)Cc1ccc(C(F)(F)F)cc1)c1ccc(F)c(F)c1. The summed E-state index contributed by atoms with van der Waals surface area (Å²) in [5.41, 5.74) is -0.214. The maximum absolute atomic E-state index is 13.3. The zero-order valence-corrected chi connectivity index (χ0v) is 12.7. The molecule has 2 aromatic rings. The topological polar surface area (TPSA) is 20.3 Å². The van der Waals surface area contributed by atoms with Gasteiger partial charge in [-0.3, -0.25) is 4.79 Å². The van der Waals surface area contributed by atoms with Gasteiger partial charge in [0.15, 0.2) is 11.6 Å². The highest BCUT2D eigenvalue weighted by atomic mass is 19.4. The first-order valence-corrected chi connectivity index (χ1v) is 7.14. The molecule has 0 aliphatic rings. The Kier molecular flexibility index (Phi) is 5.21. The number of carbonyl (C=O) groups is 1. The van der Waals surface area contributed by atoms with E-state index in [1.54, 1.807) is 6.92 Å². The van der Waals surface area contributed by atoms with Crippen molar-refractivity contribution in [2.45, 2.75) is 19.5 Å². The molecule has 0 atom stereocenters. The molecule has 0 N–H and O–H groups in total. The minimum absolute atomic E-state index is 0.148. The molecule has 0 saturated heterocycles. The number of rotatable bonds is 4. The van der Waals surface area contributed by atoms with Crippen LogP contribution in [0.25, 0.3) is 0 Å². The van der Waals surface area contributed by atoms with Gasteiger partial charge in [-0.15, -0.1) is 0 Å². The van der Waals surface area contributed by atoms with Crippen LogP contribution in [0.2, 0.25) is 0 Å². The Labute approximate surface area is 135 Å². The van der Waals surface area contributed by atoms with Crippen LogP contribution in [0.15, 0.2) is 42.5 Å². The summed E-state index contributed by atoms with van der Waals surface area (Å²) >= 11 is 0. The Morgan fingerprint density at radius 1 is 1.00 bits per heavy atom. The lowest BCUT2D eigenvalue weighted by Crippen LogP contribution is -2.32. The fraction of sp³-hybridized carbons (Fsp3) is 0.235. The lowest BCUT2D eigenvalue weighted by molar-refractivity contribution is -0.137. The third-order valence-electron chi connectivity index (χ3n) is 3.47. The summed E-state index contributed by atoms with van der Waals surface area (Å²) in [5, 5.41) is 0. The molecule has 7 heteroatoms. The zero-order valence-electron chi connectivity index (χ0n) is 12.7. The molecule has 0 radical (unpaired) electrons. The van der Waals surface area contributed by atoms with Crippen LogP contribution in [0.1, 0.15) is 18.1 Å². The molecule has 0 fully saturated rings. The monoisotopic (exact) mass is 343 g/mol. The molecule has 1 amide bonds. The summed E-state index contributed by atoms with van der Waals surface area (Å²) in [7, 11) is 0. The second-order valence-corrected chi connectivity index (χ2v) is 5.11. The quantitative estimate of drug-likeness (QED) is 0.744. The van der Waals surface area contributed by atoms with E-state index in [2.05, 4.69) is 0 Å². The van der Waals surface area contributed by atoms with Crippen molar-refractivity contribution in [3.63, 3.8) is 0 Å². The van der Waals surface area contributed by atoms with Crippen LogP contribution in [-0.2, 0) is 17.4 Å². The molecule has 128 valence electrons. The number of benzene rings is 2. The van der Waals surface area contributed by atoms with Crippen LogP contribution >= 0.6 is 0 Å². The third kappa shape index (κ3) is 4.10. The Balaban J connectivity index is 2.16. The third-order valence-corrected chi connectivity index (χ3v) is 3.47. The molecule has 2 rings (SSSR count). The van der Waals surface area contributed by atoms with Gasteiger partial charge >= 0.3 is 6.18 Å². The Hall–Kier alpha value is -2.44. The first-order chi connectivity index (χ1) is 11.2. The molecule has 2 nitrogen and oxygen atoms in total. The predicted molar refractivity (Wildman–Crippen MR) is 79.5 cm³/mol. The molecule has 0 spiro atoms. The number of amides is 1. The minimum atomic E-state index is -4.44. The van der Waals surface area contributed by atoms with Crippen molar-refractivity contribution in [2.24, 2.45) is 0 Å². The van der Waals surface area contributed by atoms with Crippen LogP contribution < -0.4 is 4.90 Å². The Morgan fingerprint density at radius 2 is 1.62 bits per heavy atom. The average molecular weight is 343 g/mol. The van der Waals surface area contributed by atoms with Crippen LogP contribution in [-0.4, -0.2) is 12.5 Å². The first kappa shape index (κ1) is 17.9. The van der Waals surface area contributed by atoms with Crippen molar-refractivity contribution in [1.29, 1.82) is 0 Å². The van der Waals surface area contributed by atoms with E-state index >= 15 is 0 Å². The lowest BCUT2D eigenvalue weighted by Gasteiger charge is -2.21. The number of hydrogen-bond acceptors (Lipinski definition) is 1. The van der Waals surface area contributed by atoms with Gasteiger partial charge in [-0.2, -0.15) is 13.2 Å². The van der Waals surface area contributed by atoms with E-state index < -0.39 is 29.3 Å². The molecular weight excluding hydrogens is 329 g/mol. The summed E-state index contributed by atoms with van der Waals surface area (Å²) in [5.74, 6) is -2.53. The average Bonchev–Trinajstić information content (AvgIpc) is 2.51. The van der Waals surface area contributed by atoms with Gasteiger partial charge in [0.2, 0.25) is 5.91 Å². The molecular formula is C17H14F5NO. The lowest BCUT2D eigenvalue weighted by atomic mass is 10.1. The fourth-order valence-corrected chi connectivity index (χ4v) is 2.24. The van der Waals surface area contributed by atoms with Crippen LogP contribution in [0.4, 0.5) is 27.6 Å². The van der Waals surface area contributed by atoms with E-state index in [4.69, 9.17) is 0 Å². The van der Waals surface area contributed by atoms with Crippen molar-refractivity contribution in [1.82, 2.24) is 0 Å². The van der Waals surface area contributed by atoms with E-state index in [1.807, 2.05) is 0 Å². The normalized spacial score (nSPS) is 11.4. The van der Waals surface area contributed by atoms with E-state index in [1.165, 1.54) is 23.1 Å². The summed E-state index contributed by atoms with van der Waals surface area (Å²) in [6.07, 6.45) is -4.59. The largest absolute Gasteiger partial charge is 0.416 e. The number of nitrogens with zero attached hydrogens (tertiary/aromatic N) is 1. The van der Waals surface area contributed by atoms with Crippen LogP contribution in [0.5, 0.6) is 0 Å². The van der Waals surface area contributed by atoms with Crippen molar-refractivity contribution >= 4 is 11.6 Å². The highest BCUT2D eigenvalue weighted by Gasteiger charge is 2.30. The molecule has 0 aliphatic heterocycles. The molecule has 24 heavy (non-hydrogen) atoms. The smallest absolute Gasteiger partial charge is 0.312 e. The van der Waals surface area contributed by atoms with E-state index in [0.29, 0.717) is 5.56 Å². The number of halogens is 5. The number of hydrogen-bond donors (Lipinski definition) is 0. The van der Waals surface area contributed by atoms with Gasteiger partial charge in [0.25, 0.3) is 0 Å². The standard InChI is InChI=1S/C17H14F5NO/c1-2-23(13-7-8-14(18)15(19)10-13)16(24)9-11-3-5-12(6-4-11)17(20,21)22/h3-8,10H,2,9H2,1H3. The van der Waals surface area contributed by atoms with Gasteiger partial charge in [0.05, 0.1) is 12.0 Å². The van der Waals surface area contributed by atoms with E-state index in [-0.39, 0.29) is 18.7 Å².